The van der Waals surface area contributed by atoms with Crippen molar-refractivity contribution in [3.05, 3.63) is 88.3 Å². The first kappa shape index (κ1) is 23.4. The van der Waals surface area contributed by atoms with E-state index >= 15 is 0 Å². The highest BCUT2D eigenvalue weighted by molar-refractivity contribution is 5.43. The SMILES string of the molecule is COCOC1=C(C2CCCCC2)NC(Cc2c(C)cc(OCc3ccccc3)cc2C)C=C1. The van der Waals surface area contributed by atoms with Crippen LogP contribution in [0.4, 0.5) is 0 Å². The molecule has 0 spiro atoms. The smallest absolute Gasteiger partial charge is 0.188 e. The zero-order chi connectivity index (χ0) is 23.0. The van der Waals surface area contributed by atoms with Crippen molar-refractivity contribution in [2.45, 2.75) is 65.0 Å². The number of benzene rings is 2. The third-order valence-electron chi connectivity index (χ3n) is 6.77. The van der Waals surface area contributed by atoms with Gasteiger partial charge in [-0.25, -0.2) is 0 Å². The van der Waals surface area contributed by atoms with Gasteiger partial charge in [0.15, 0.2) is 6.79 Å². The van der Waals surface area contributed by atoms with Gasteiger partial charge in [0.1, 0.15) is 18.1 Å². The average molecular weight is 448 g/mol. The fourth-order valence-electron chi connectivity index (χ4n) is 5.01. The predicted octanol–water partition coefficient (Wildman–Crippen LogP) is 6.37. The molecular formula is C29H37NO3. The number of nitrogens with one attached hydrogen (secondary N) is 1. The Bertz CT molecular complexity index is 951. The van der Waals surface area contributed by atoms with Gasteiger partial charge in [0.2, 0.25) is 0 Å². The second-order valence-corrected chi connectivity index (χ2v) is 9.29. The van der Waals surface area contributed by atoms with Crippen LogP contribution in [0.1, 0.15) is 54.4 Å². The normalized spacial score (nSPS) is 18.8. The largest absolute Gasteiger partial charge is 0.489 e. The topological polar surface area (TPSA) is 39.7 Å². The molecule has 1 aliphatic heterocycles. The number of methoxy groups -OCH3 is 1. The maximum Gasteiger partial charge on any atom is 0.188 e. The molecule has 1 N–H and O–H groups in total. The van der Waals surface area contributed by atoms with Crippen LogP contribution in [0.3, 0.4) is 0 Å². The van der Waals surface area contributed by atoms with Gasteiger partial charge in [-0.2, -0.15) is 0 Å². The summed E-state index contributed by atoms with van der Waals surface area (Å²) in [5.41, 5.74) is 6.38. The number of hydrogen-bond acceptors (Lipinski definition) is 4. The molecule has 1 atom stereocenters. The highest BCUT2D eigenvalue weighted by Gasteiger charge is 2.26. The van der Waals surface area contributed by atoms with Crippen LogP contribution in [0.2, 0.25) is 0 Å². The van der Waals surface area contributed by atoms with Crippen molar-refractivity contribution in [3.8, 4) is 5.75 Å². The van der Waals surface area contributed by atoms with Crippen LogP contribution in [0.25, 0.3) is 0 Å². The highest BCUT2D eigenvalue weighted by atomic mass is 16.7. The number of hydrogen-bond donors (Lipinski definition) is 1. The van der Waals surface area contributed by atoms with E-state index in [4.69, 9.17) is 14.2 Å². The first-order valence-corrected chi connectivity index (χ1v) is 12.2. The summed E-state index contributed by atoms with van der Waals surface area (Å²) in [5.74, 6) is 2.43. The second kappa shape index (κ2) is 11.4. The molecule has 4 heteroatoms. The minimum Gasteiger partial charge on any atom is -0.489 e. The van der Waals surface area contributed by atoms with Gasteiger partial charge in [0, 0.05) is 19.1 Å². The molecule has 0 aromatic heterocycles. The van der Waals surface area contributed by atoms with Crippen molar-refractivity contribution >= 4 is 0 Å². The first-order valence-electron chi connectivity index (χ1n) is 12.2. The molecule has 176 valence electrons. The molecule has 0 saturated heterocycles. The maximum atomic E-state index is 6.08. The van der Waals surface area contributed by atoms with Gasteiger partial charge in [-0.05, 0) is 73.6 Å². The molecule has 1 unspecified atom stereocenters. The second-order valence-electron chi connectivity index (χ2n) is 9.29. The summed E-state index contributed by atoms with van der Waals surface area (Å²) >= 11 is 0. The summed E-state index contributed by atoms with van der Waals surface area (Å²) in [6, 6.07) is 14.9. The van der Waals surface area contributed by atoms with Gasteiger partial charge in [-0.3, -0.25) is 0 Å². The Balaban J connectivity index is 1.44. The molecule has 1 saturated carbocycles. The van der Waals surface area contributed by atoms with Crippen molar-refractivity contribution in [1.29, 1.82) is 0 Å². The van der Waals surface area contributed by atoms with Crippen LogP contribution in [0, 0.1) is 19.8 Å². The maximum absolute atomic E-state index is 6.08. The van der Waals surface area contributed by atoms with Gasteiger partial charge in [-0.1, -0.05) is 55.7 Å². The van der Waals surface area contributed by atoms with E-state index in [1.807, 2.05) is 18.2 Å². The van der Waals surface area contributed by atoms with Gasteiger partial charge in [-0.15, -0.1) is 0 Å². The van der Waals surface area contributed by atoms with E-state index in [1.165, 1.54) is 60.1 Å². The highest BCUT2D eigenvalue weighted by Crippen LogP contribution is 2.33. The van der Waals surface area contributed by atoms with Crippen LogP contribution < -0.4 is 10.1 Å². The molecule has 4 rings (SSSR count). The molecule has 1 fully saturated rings. The van der Waals surface area contributed by atoms with Crippen molar-refractivity contribution in [1.82, 2.24) is 5.32 Å². The van der Waals surface area contributed by atoms with Gasteiger partial charge in [0.25, 0.3) is 0 Å². The fraction of sp³-hybridized carbons (Fsp3) is 0.448. The van der Waals surface area contributed by atoms with Crippen LogP contribution in [0.5, 0.6) is 5.75 Å². The number of dihydropyridines is 1. The Morgan fingerprint density at radius 2 is 1.67 bits per heavy atom. The Labute approximate surface area is 198 Å². The summed E-state index contributed by atoms with van der Waals surface area (Å²) in [5, 5.41) is 3.83. The monoisotopic (exact) mass is 447 g/mol. The lowest BCUT2D eigenvalue weighted by Gasteiger charge is -2.32. The molecular weight excluding hydrogens is 410 g/mol. The van der Waals surface area contributed by atoms with E-state index < -0.39 is 0 Å². The Morgan fingerprint density at radius 1 is 0.939 bits per heavy atom. The Hall–Kier alpha value is -2.72. The molecule has 2 aliphatic rings. The van der Waals surface area contributed by atoms with E-state index in [0.29, 0.717) is 12.5 Å². The molecule has 4 nitrogen and oxygen atoms in total. The number of allylic oxidation sites excluding steroid dienone is 2. The van der Waals surface area contributed by atoms with E-state index in [2.05, 4.69) is 55.6 Å². The first-order chi connectivity index (χ1) is 16.1. The lowest BCUT2D eigenvalue weighted by molar-refractivity contribution is 0.00682. The quantitative estimate of drug-likeness (QED) is 0.454. The van der Waals surface area contributed by atoms with Crippen molar-refractivity contribution in [3.63, 3.8) is 0 Å². The third kappa shape index (κ3) is 6.20. The molecule has 0 bridgehead atoms. The van der Waals surface area contributed by atoms with Crippen LogP contribution in [-0.2, 0) is 22.5 Å². The van der Waals surface area contributed by atoms with E-state index in [1.54, 1.807) is 7.11 Å². The summed E-state index contributed by atoms with van der Waals surface area (Å²) in [6.45, 7) is 5.25. The van der Waals surface area contributed by atoms with E-state index in [0.717, 1.165) is 17.9 Å². The third-order valence-corrected chi connectivity index (χ3v) is 6.77. The fourth-order valence-corrected chi connectivity index (χ4v) is 5.01. The standard InChI is InChI=1S/C29H37NO3/c1-21-16-26(32-19-23-10-6-4-7-11-23)17-22(2)27(21)18-25-14-15-28(33-20-31-3)29(30-25)24-12-8-5-9-13-24/h4,6-7,10-11,14-17,24-25,30H,5,8-9,12-13,18-20H2,1-3H3. The number of aryl methyl sites for hydroxylation is 2. The van der Waals surface area contributed by atoms with E-state index in [-0.39, 0.29) is 12.8 Å². The molecule has 0 amide bonds. The Kier molecular flexibility index (Phi) is 8.11. The lowest BCUT2D eigenvalue weighted by atomic mass is 9.84. The summed E-state index contributed by atoms with van der Waals surface area (Å²) in [4.78, 5) is 0. The number of ether oxygens (including phenoxy) is 3. The molecule has 1 heterocycles. The van der Waals surface area contributed by atoms with Crippen LogP contribution in [-0.4, -0.2) is 19.9 Å². The average Bonchev–Trinajstić information content (AvgIpc) is 2.85. The molecule has 1 aliphatic carbocycles. The van der Waals surface area contributed by atoms with Crippen LogP contribution >= 0.6 is 0 Å². The van der Waals surface area contributed by atoms with Crippen molar-refractivity contribution in [2.24, 2.45) is 5.92 Å². The minimum atomic E-state index is 0.255. The Morgan fingerprint density at radius 3 is 2.36 bits per heavy atom. The zero-order valence-corrected chi connectivity index (χ0v) is 20.2. The molecule has 2 aromatic carbocycles. The molecule has 0 radical (unpaired) electrons. The van der Waals surface area contributed by atoms with Gasteiger partial charge in [0.05, 0.1) is 5.70 Å². The molecule has 2 aromatic rings. The van der Waals surface area contributed by atoms with Crippen LogP contribution in [0.15, 0.2) is 66.1 Å². The van der Waals surface area contributed by atoms with Crippen molar-refractivity contribution < 1.29 is 14.2 Å². The predicted molar refractivity (Wildman–Crippen MR) is 133 cm³/mol. The van der Waals surface area contributed by atoms with Crippen molar-refractivity contribution in [2.75, 3.05) is 13.9 Å². The van der Waals surface area contributed by atoms with Gasteiger partial charge < -0.3 is 19.5 Å². The van der Waals surface area contributed by atoms with Gasteiger partial charge >= 0.3 is 0 Å². The minimum absolute atomic E-state index is 0.255. The molecule has 33 heavy (non-hydrogen) atoms. The van der Waals surface area contributed by atoms with E-state index in [9.17, 15) is 0 Å². The summed E-state index contributed by atoms with van der Waals surface area (Å²) in [7, 11) is 1.67. The number of rotatable bonds is 9. The zero-order valence-electron chi connectivity index (χ0n) is 20.2. The summed E-state index contributed by atoms with van der Waals surface area (Å²) in [6.07, 6.45) is 11.7. The lowest BCUT2D eigenvalue weighted by Crippen LogP contribution is -2.36. The summed E-state index contributed by atoms with van der Waals surface area (Å²) < 4.78 is 17.2.